The summed E-state index contributed by atoms with van der Waals surface area (Å²) in [4.78, 5) is 0. The summed E-state index contributed by atoms with van der Waals surface area (Å²) in [6, 6.07) is 6.20. The minimum Gasteiger partial charge on any atom is -0.496 e. The molecule has 5 heteroatoms. The molecule has 0 aliphatic carbocycles. The number of rotatable bonds is 5. The summed E-state index contributed by atoms with van der Waals surface area (Å²) in [5, 5.41) is 4.35. The first kappa shape index (κ1) is 14.1. The molecular weight excluding hydrogens is 306 g/mol. The summed E-state index contributed by atoms with van der Waals surface area (Å²) in [5.74, 6) is 0.835. The maximum atomic E-state index is 5.78. The fourth-order valence-corrected chi connectivity index (χ4v) is 2.55. The molecule has 0 saturated carbocycles. The van der Waals surface area contributed by atoms with Crippen molar-refractivity contribution < 1.29 is 4.74 Å². The van der Waals surface area contributed by atoms with Crippen LogP contribution >= 0.6 is 15.9 Å². The Morgan fingerprint density at radius 2 is 2.21 bits per heavy atom. The number of aromatic nitrogens is 2. The Kier molecular flexibility index (Phi) is 4.61. The van der Waals surface area contributed by atoms with Gasteiger partial charge in [0, 0.05) is 12.2 Å². The van der Waals surface area contributed by atoms with Gasteiger partial charge in [-0.1, -0.05) is 6.07 Å². The lowest BCUT2D eigenvalue weighted by atomic mass is 10.1. The molecule has 2 aromatic rings. The van der Waals surface area contributed by atoms with E-state index in [0.29, 0.717) is 0 Å². The van der Waals surface area contributed by atoms with Crippen LogP contribution in [0.5, 0.6) is 5.75 Å². The number of hydrogen-bond donors (Lipinski definition) is 1. The summed E-state index contributed by atoms with van der Waals surface area (Å²) >= 11 is 3.49. The molecule has 1 heterocycles. The van der Waals surface area contributed by atoms with E-state index in [-0.39, 0.29) is 6.04 Å². The first-order valence-corrected chi connectivity index (χ1v) is 6.97. The summed E-state index contributed by atoms with van der Waals surface area (Å²) in [7, 11) is 1.66. The summed E-state index contributed by atoms with van der Waals surface area (Å²) < 4.78 is 8.09. The van der Waals surface area contributed by atoms with Gasteiger partial charge < -0.3 is 10.5 Å². The third-order valence-electron chi connectivity index (χ3n) is 2.81. The summed E-state index contributed by atoms with van der Waals surface area (Å²) in [6.45, 7) is 2.74. The highest BCUT2D eigenvalue weighted by Gasteiger charge is 2.05. The van der Waals surface area contributed by atoms with Crippen molar-refractivity contribution in [2.45, 2.75) is 25.9 Å². The third-order valence-corrected chi connectivity index (χ3v) is 3.42. The van der Waals surface area contributed by atoms with Crippen LogP contribution in [-0.2, 0) is 13.0 Å². The Balaban J connectivity index is 2.08. The van der Waals surface area contributed by atoms with Gasteiger partial charge in [0.2, 0.25) is 0 Å². The van der Waals surface area contributed by atoms with Gasteiger partial charge in [0.1, 0.15) is 5.75 Å². The van der Waals surface area contributed by atoms with Crippen LogP contribution in [-0.4, -0.2) is 22.9 Å². The molecule has 2 N–H and O–H groups in total. The molecule has 0 saturated heterocycles. The molecule has 1 unspecified atom stereocenters. The number of halogens is 1. The summed E-state index contributed by atoms with van der Waals surface area (Å²) in [6.07, 6.45) is 4.77. The standard InChI is InChI=1S/C14H18BrN3O/c1-10(16)5-12-7-17-18(9-12)8-11-3-4-14(19-2)13(15)6-11/h3-4,6-7,9-10H,5,8,16H2,1-2H3. The Morgan fingerprint density at radius 1 is 1.42 bits per heavy atom. The molecule has 4 nitrogen and oxygen atoms in total. The van der Waals surface area contributed by atoms with E-state index in [1.54, 1.807) is 7.11 Å². The van der Waals surface area contributed by atoms with Gasteiger partial charge in [-0.05, 0) is 52.5 Å². The molecule has 1 atom stereocenters. The van der Waals surface area contributed by atoms with Crippen LogP contribution < -0.4 is 10.5 Å². The van der Waals surface area contributed by atoms with E-state index < -0.39 is 0 Å². The van der Waals surface area contributed by atoms with Crippen molar-refractivity contribution >= 4 is 15.9 Å². The molecule has 0 bridgehead atoms. The fourth-order valence-electron chi connectivity index (χ4n) is 1.97. The second-order valence-electron chi connectivity index (χ2n) is 4.70. The molecule has 2 rings (SSSR count). The van der Waals surface area contributed by atoms with Gasteiger partial charge in [-0.3, -0.25) is 4.68 Å². The Labute approximate surface area is 121 Å². The van der Waals surface area contributed by atoms with Crippen LogP contribution in [0.1, 0.15) is 18.1 Å². The number of methoxy groups -OCH3 is 1. The molecule has 0 fully saturated rings. The monoisotopic (exact) mass is 323 g/mol. The number of nitrogens with zero attached hydrogens (tertiary/aromatic N) is 2. The van der Waals surface area contributed by atoms with Crippen molar-refractivity contribution in [1.82, 2.24) is 9.78 Å². The van der Waals surface area contributed by atoms with Gasteiger partial charge in [0.25, 0.3) is 0 Å². The lowest BCUT2D eigenvalue weighted by Gasteiger charge is -2.06. The topological polar surface area (TPSA) is 53.1 Å². The molecule has 0 spiro atoms. The van der Waals surface area contributed by atoms with Crippen LogP contribution in [0.3, 0.4) is 0 Å². The van der Waals surface area contributed by atoms with Crippen LogP contribution in [0.4, 0.5) is 0 Å². The van der Waals surface area contributed by atoms with Crippen LogP contribution in [0.2, 0.25) is 0 Å². The van der Waals surface area contributed by atoms with Gasteiger partial charge in [-0.15, -0.1) is 0 Å². The van der Waals surface area contributed by atoms with Crippen molar-refractivity contribution in [3.8, 4) is 5.75 Å². The molecule has 0 aliphatic heterocycles. The zero-order valence-corrected chi connectivity index (χ0v) is 12.7. The number of hydrogen-bond acceptors (Lipinski definition) is 3. The van der Waals surface area contributed by atoms with E-state index in [1.165, 1.54) is 11.1 Å². The summed E-state index contributed by atoms with van der Waals surface area (Å²) in [5.41, 5.74) is 8.12. The maximum absolute atomic E-state index is 5.78. The first-order chi connectivity index (χ1) is 9.08. The highest BCUT2D eigenvalue weighted by atomic mass is 79.9. The number of ether oxygens (including phenoxy) is 1. The first-order valence-electron chi connectivity index (χ1n) is 6.18. The van der Waals surface area contributed by atoms with Crippen LogP contribution in [0.25, 0.3) is 0 Å². The quantitative estimate of drug-likeness (QED) is 0.920. The average Bonchev–Trinajstić information content (AvgIpc) is 2.76. The number of benzene rings is 1. The molecule has 102 valence electrons. The third kappa shape index (κ3) is 3.81. The molecule has 0 radical (unpaired) electrons. The maximum Gasteiger partial charge on any atom is 0.133 e. The van der Waals surface area contributed by atoms with Crippen molar-refractivity contribution in [3.05, 3.63) is 46.2 Å². The van der Waals surface area contributed by atoms with E-state index in [9.17, 15) is 0 Å². The molecular formula is C14H18BrN3O. The van der Waals surface area contributed by atoms with Gasteiger partial charge in [0.05, 0.1) is 24.3 Å². The normalized spacial score (nSPS) is 12.4. The lowest BCUT2D eigenvalue weighted by Crippen LogP contribution is -2.17. The van der Waals surface area contributed by atoms with Gasteiger partial charge in [-0.25, -0.2) is 0 Å². The average molecular weight is 324 g/mol. The Hall–Kier alpha value is -1.33. The second-order valence-corrected chi connectivity index (χ2v) is 5.55. The minimum atomic E-state index is 0.160. The molecule has 0 amide bonds. The largest absolute Gasteiger partial charge is 0.496 e. The van der Waals surface area contributed by atoms with Crippen molar-refractivity contribution in [1.29, 1.82) is 0 Å². The second kappa shape index (κ2) is 6.21. The SMILES string of the molecule is COc1ccc(Cn2cc(CC(C)N)cn2)cc1Br. The Bertz CT molecular complexity index is 551. The van der Waals surface area contributed by atoms with Gasteiger partial charge in [-0.2, -0.15) is 5.10 Å². The fraction of sp³-hybridized carbons (Fsp3) is 0.357. The van der Waals surface area contributed by atoms with Crippen molar-refractivity contribution in [2.24, 2.45) is 5.73 Å². The molecule has 1 aromatic carbocycles. The highest BCUT2D eigenvalue weighted by molar-refractivity contribution is 9.10. The van der Waals surface area contributed by atoms with E-state index in [2.05, 4.69) is 21.0 Å². The van der Waals surface area contributed by atoms with Crippen LogP contribution in [0.15, 0.2) is 35.1 Å². The van der Waals surface area contributed by atoms with E-state index in [1.807, 2.05) is 42.2 Å². The zero-order chi connectivity index (χ0) is 13.8. The smallest absolute Gasteiger partial charge is 0.133 e. The Morgan fingerprint density at radius 3 is 2.84 bits per heavy atom. The van der Waals surface area contributed by atoms with E-state index in [0.717, 1.165) is 23.2 Å². The molecule has 0 aliphatic rings. The predicted octanol–water partition coefficient (Wildman–Crippen LogP) is 2.59. The van der Waals surface area contributed by atoms with Crippen molar-refractivity contribution in [3.63, 3.8) is 0 Å². The van der Waals surface area contributed by atoms with Gasteiger partial charge >= 0.3 is 0 Å². The van der Waals surface area contributed by atoms with Crippen molar-refractivity contribution in [2.75, 3.05) is 7.11 Å². The minimum absolute atomic E-state index is 0.160. The highest BCUT2D eigenvalue weighted by Crippen LogP contribution is 2.25. The van der Waals surface area contributed by atoms with E-state index in [4.69, 9.17) is 10.5 Å². The molecule has 1 aromatic heterocycles. The lowest BCUT2D eigenvalue weighted by molar-refractivity contribution is 0.412. The van der Waals surface area contributed by atoms with Gasteiger partial charge in [0.15, 0.2) is 0 Å². The van der Waals surface area contributed by atoms with E-state index >= 15 is 0 Å². The van der Waals surface area contributed by atoms with Crippen LogP contribution in [0, 0.1) is 0 Å². The number of nitrogens with two attached hydrogens (primary N) is 1. The molecule has 19 heavy (non-hydrogen) atoms. The predicted molar refractivity (Wildman–Crippen MR) is 79.4 cm³/mol. The zero-order valence-electron chi connectivity index (χ0n) is 11.1.